The summed E-state index contributed by atoms with van der Waals surface area (Å²) >= 11 is 6.24. The summed E-state index contributed by atoms with van der Waals surface area (Å²) in [6.07, 6.45) is 2.49. The van der Waals surface area contributed by atoms with Gasteiger partial charge in [0.2, 0.25) is 0 Å². The number of piperidine rings is 1. The van der Waals surface area contributed by atoms with Crippen LogP contribution < -0.4 is 5.73 Å². The fourth-order valence-electron chi connectivity index (χ4n) is 2.77. The van der Waals surface area contributed by atoms with E-state index in [1.165, 1.54) is 32.5 Å². The number of nitrogens with two attached hydrogens (primary N) is 1. The quantitative estimate of drug-likeness (QED) is 0.862. The Morgan fingerprint density at radius 2 is 2.05 bits per heavy atom. The first-order valence-corrected chi connectivity index (χ1v) is 7.44. The Morgan fingerprint density at radius 1 is 1.37 bits per heavy atom. The smallest absolute Gasteiger partial charge is 0.0471 e. The summed E-state index contributed by atoms with van der Waals surface area (Å²) in [6, 6.07) is 6.46. The molecule has 1 saturated heterocycles. The number of halogens is 1. The minimum absolute atomic E-state index is 0.663. The van der Waals surface area contributed by atoms with Gasteiger partial charge in [-0.15, -0.1) is 0 Å². The molecule has 0 aromatic heterocycles. The van der Waals surface area contributed by atoms with Gasteiger partial charge in [0.15, 0.2) is 0 Å². The van der Waals surface area contributed by atoms with Crippen molar-refractivity contribution in [2.24, 2.45) is 0 Å². The third-order valence-corrected chi connectivity index (χ3v) is 4.48. The van der Waals surface area contributed by atoms with Crippen molar-refractivity contribution in [1.29, 1.82) is 0 Å². The highest BCUT2D eigenvalue weighted by molar-refractivity contribution is 6.31. The molecule has 0 amide bonds. The molecule has 0 radical (unpaired) electrons. The third kappa shape index (κ3) is 3.85. The Hall–Kier alpha value is -0.770. The average Bonchev–Trinajstić information content (AvgIpc) is 2.42. The van der Waals surface area contributed by atoms with E-state index in [1.54, 1.807) is 0 Å². The molecule has 0 bridgehead atoms. The largest absolute Gasteiger partial charge is 0.399 e. The maximum absolute atomic E-state index is 6.24. The molecular weight excluding hydrogens is 258 g/mol. The van der Waals surface area contributed by atoms with E-state index in [1.807, 2.05) is 18.2 Å². The van der Waals surface area contributed by atoms with Crippen LogP contribution in [0, 0.1) is 0 Å². The molecule has 1 aliphatic rings. The first-order chi connectivity index (χ1) is 9.10. The third-order valence-electron chi connectivity index (χ3n) is 4.12. The first-order valence-electron chi connectivity index (χ1n) is 7.06. The monoisotopic (exact) mass is 281 g/mol. The second kappa shape index (κ2) is 6.60. The average molecular weight is 282 g/mol. The minimum atomic E-state index is 0.663. The Labute approximate surface area is 121 Å². The van der Waals surface area contributed by atoms with Gasteiger partial charge >= 0.3 is 0 Å². The summed E-state index contributed by atoms with van der Waals surface area (Å²) < 4.78 is 0. The number of hydrogen-bond donors (Lipinski definition) is 1. The number of rotatable bonds is 4. The lowest BCUT2D eigenvalue weighted by Crippen LogP contribution is -2.42. The van der Waals surface area contributed by atoms with E-state index < -0.39 is 0 Å². The van der Waals surface area contributed by atoms with Crippen LogP contribution in [-0.2, 0) is 6.54 Å². The van der Waals surface area contributed by atoms with Crippen molar-refractivity contribution in [3.63, 3.8) is 0 Å². The molecule has 3 nitrogen and oxygen atoms in total. The summed E-state index contributed by atoms with van der Waals surface area (Å²) in [7, 11) is 2.19. The number of nitrogen functional groups attached to an aromatic ring is 1. The van der Waals surface area contributed by atoms with Crippen LogP contribution in [0.25, 0.3) is 0 Å². The van der Waals surface area contributed by atoms with Crippen LogP contribution in [0.2, 0.25) is 5.02 Å². The molecule has 1 fully saturated rings. The van der Waals surface area contributed by atoms with Crippen molar-refractivity contribution in [3.05, 3.63) is 28.8 Å². The van der Waals surface area contributed by atoms with Crippen LogP contribution in [0.3, 0.4) is 0 Å². The summed E-state index contributed by atoms with van der Waals surface area (Å²) in [5, 5.41) is 0.776. The van der Waals surface area contributed by atoms with Gasteiger partial charge in [-0.2, -0.15) is 0 Å². The maximum Gasteiger partial charge on any atom is 0.0471 e. The molecule has 19 heavy (non-hydrogen) atoms. The second-order valence-corrected chi connectivity index (χ2v) is 5.84. The maximum atomic E-state index is 6.24. The molecule has 4 heteroatoms. The molecule has 106 valence electrons. The fourth-order valence-corrected chi connectivity index (χ4v) is 3.01. The molecule has 0 saturated carbocycles. The van der Waals surface area contributed by atoms with Crippen molar-refractivity contribution in [3.8, 4) is 0 Å². The van der Waals surface area contributed by atoms with Crippen LogP contribution in [0.15, 0.2) is 18.2 Å². The normalized spacial score (nSPS) is 18.1. The molecule has 0 unspecified atom stereocenters. The zero-order valence-corrected chi connectivity index (χ0v) is 12.7. The van der Waals surface area contributed by atoms with Crippen molar-refractivity contribution in [1.82, 2.24) is 9.80 Å². The van der Waals surface area contributed by atoms with Gasteiger partial charge in [-0.3, -0.25) is 4.90 Å². The molecular formula is C15H24ClN3. The van der Waals surface area contributed by atoms with Gasteiger partial charge in [0.05, 0.1) is 0 Å². The lowest BCUT2D eigenvalue weighted by Gasteiger charge is -2.36. The standard InChI is InChI=1S/C15H24ClN3/c1-3-19-8-6-14(7-9-19)18(2)11-12-4-5-13(17)10-15(12)16/h4-5,10,14H,3,6-9,11,17H2,1-2H3. The van der Waals surface area contributed by atoms with Gasteiger partial charge in [0, 0.05) is 23.3 Å². The molecule has 0 atom stereocenters. The van der Waals surface area contributed by atoms with E-state index in [4.69, 9.17) is 17.3 Å². The number of likely N-dealkylation sites (tertiary alicyclic amines) is 1. The van der Waals surface area contributed by atoms with Crippen molar-refractivity contribution >= 4 is 17.3 Å². The van der Waals surface area contributed by atoms with Gasteiger partial charge in [0.25, 0.3) is 0 Å². The number of benzene rings is 1. The van der Waals surface area contributed by atoms with E-state index in [0.717, 1.165) is 22.8 Å². The van der Waals surface area contributed by atoms with Gasteiger partial charge < -0.3 is 10.6 Å². The molecule has 1 aliphatic heterocycles. The highest BCUT2D eigenvalue weighted by Crippen LogP contribution is 2.23. The molecule has 1 heterocycles. The summed E-state index contributed by atoms with van der Waals surface area (Å²) in [6.45, 7) is 6.72. The van der Waals surface area contributed by atoms with E-state index in [9.17, 15) is 0 Å². The molecule has 2 rings (SSSR count). The van der Waals surface area contributed by atoms with Crippen molar-refractivity contribution in [2.75, 3.05) is 32.4 Å². The van der Waals surface area contributed by atoms with E-state index in [0.29, 0.717) is 6.04 Å². The highest BCUT2D eigenvalue weighted by atomic mass is 35.5. The Morgan fingerprint density at radius 3 is 2.63 bits per heavy atom. The molecule has 0 aliphatic carbocycles. The Bertz CT molecular complexity index is 414. The van der Waals surface area contributed by atoms with Crippen LogP contribution in [-0.4, -0.2) is 42.5 Å². The van der Waals surface area contributed by atoms with Gasteiger partial charge in [-0.25, -0.2) is 0 Å². The zero-order valence-electron chi connectivity index (χ0n) is 11.9. The van der Waals surface area contributed by atoms with Crippen molar-refractivity contribution in [2.45, 2.75) is 32.4 Å². The van der Waals surface area contributed by atoms with Gasteiger partial charge in [-0.1, -0.05) is 24.6 Å². The van der Waals surface area contributed by atoms with Gasteiger partial charge in [0.1, 0.15) is 0 Å². The predicted octanol–water partition coefficient (Wildman–Crippen LogP) is 2.84. The van der Waals surface area contributed by atoms with E-state index >= 15 is 0 Å². The van der Waals surface area contributed by atoms with Gasteiger partial charge in [-0.05, 0) is 57.2 Å². The molecule has 2 N–H and O–H groups in total. The highest BCUT2D eigenvalue weighted by Gasteiger charge is 2.21. The number of hydrogen-bond acceptors (Lipinski definition) is 3. The fraction of sp³-hybridized carbons (Fsp3) is 0.600. The number of nitrogens with zero attached hydrogens (tertiary/aromatic N) is 2. The number of anilines is 1. The predicted molar refractivity (Wildman–Crippen MR) is 82.5 cm³/mol. The first kappa shape index (κ1) is 14.6. The van der Waals surface area contributed by atoms with E-state index in [-0.39, 0.29) is 0 Å². The van der Waals surface area contributed by atoms with E-state index in [2.05, 4.69) is 23.8 Å². The SMILES string of the molecule is CCN1CCC(N(C)Cc2ccc(N)cc2Cl)CC1. The topological polar surface area (TPSA) is 32.5 Å². The van der Waals surface area contributed by atoms with Crippen LogP contribution in [0.5, 0.6) is 0 Å². The lowest BCUT2D eigenvalue weighted by atomic mass is 10.0. The zero-order chi connectivity index (χ0) is 13.8. The van der Waals surface area contributed by atoms with Crippen molar-refractivity contribution < 1.29 is 0 Å². The van der Waals surface area contributed by atoms with Crippen LogP contribution >= 0.6 is 11.6 Å². The minimum Gasteiger partial charge on any atom is -0.399 e. The second-order valence-electron chi connectivity index (χ2n) is 5.43. The van der Waals surface area contributed by atoms with Crippen LogP contribution in [0.1, 0.15) is 25.3 Å². The summed E-state index contributed by atoms with van der Waals surface area (Å²) in [5.74, 6) is 0. The molecule has 1 aromatic carbocycles. The molecule has 1 aromatic rings. The lowest BCUT2D eigenvalue weighted by molar-refractivity contribution is 0.127. The molecule has 0 spiro atoms. The van der Waals surface area contributed by atoms with Crippen LogP contribution in [0.4, 0.5) is 5.69 Å². The Kier molecular flexibility index (Phi) is 5.08. The summed E-state index contributed by atoms with van der Waals surface area (Å²) in [4.78, 5) is 4.94. The Balaban J connectivity index is 1.92. The summed E-state index contributed by atoms with van der Waals surface area (Å²) in [5.41, 5.74) is 7.62.